The fraction of sp³-hybridized carbons (Fsp3) is 0.682. The normalized spacial score (nSPS) is 29.3. The van der Waals surface area contributed by atoms with Gasteiger partial charge in [-0.05, 0) is 64.6 Å². The molecule has 0 radical (unpaired) electrons. The number of hydrogen-bond donors (Lipinski definition) is 2. The molecular weight excluding hydrogens is 336 g/mol. The molecule has 5 nitrogen and oxygen atoms in total. The Morgan fingerprint density at radius 2 is 2.00 bits per heavy atom. The summed E-state index contributed by atoms with van der Waals surface area (Å²) in [5.74, 6) is 0.940. The van der Waals surface area contributed by atoms with Crippen LogP contribution in [0.5, 0.6) is 0 Å². The van der Waals surface area contributed by atoms with Crippen LogP contribution in [0.3, 0.4) is 0 Å². The lowest BCUT2D eigenvalue weighted by molar-refractivity contribution is 0.0992. The number of nitrogens with zero attached hydrogens (tertiary/aromatic N) is 2. The van der Waals surface area contributed by atoms with Gasteiger partial charge in [-0.3, -0.25) is 9.89 Å². The summed E-state index contributed by atoms with van der Waals surface area (Å²) in [5.41, 5.74) is 2.69. The summed E-state index contributed by atoms with van der Waals surface area (Å²) < 4.78 is 6.00. The molecule has 0 aromatic heterocycles. The monoisotopic (exact) mass is 370 g/mol. The molecule has 4 rings (SSSR count). The zero-order chi connectivity index (χ0) is 18.6. The summed E-state index contributed by atoms with van der Waals surface area (Å²) in [6, 6.07) is 9.76. The van der Waals surface area contributed by atoms with Gasteiger partial charge in [0.15, 0.2) is 5.96 Å². The van der Waals surface area contributed by atoms with Crippen molar-refractivity contribution in [2.45, 2.75) is 70.2 Å². The summed E-state index contributed by atoms with van der Waals surface area (Å²) >= 11 is 0. The SMILES string of the molecule is CCNC(=NCC(c1ccc(C)cc1)N1CCCC1)NC1CC2CCC1O2. The van der Waals surface area contributed by atoms with Crippen molar-refractivity contribution in [1.29, 1.82) is 0 Å². The lowest BCUT2D eigenvalue weighted by atomic mass is 9.96. The maximum absolute atomic E-state index is 6.00. The Balaban J connectivity index is 1.46. The van der Waals surface area contributed by atoms with Crippen LogP contribution in [-0.2, 0) is 4.74 Å². The number of rotatable bonds is 6. The summed E-state index contributed by atoms with van der Waals surface area (Å²) in [4.78, 5) is 7.60. The second-order valence-corrected chi connectivity index (χ2v) is 8.25. The third-order valence-electron chi connectivity index (χ3n) is 6.24. The zero-order valence-electron chi connectivity index (χ0n) is 16.8. The van der Waals surface area contributed by atoms with E-state index in [2.05, 4.69) is 53.6 Å². The van der Waals surface area contributed by atoms with Gasteiger partial charge in [0.1, 0.15) is 0 Å². The van der Waals surface area contributed by atoms with Crippen LogP contribution in [0.25, 0.3) is 0 Å². The average Bonchev–Trinajstić information content (AvgIpc) is 3.42. The molecule has 148 valence electrons. The molecule has 1 aromatic rings. The average molecular weight is 371 g/mol. The van der Waals surface area contributed by atoms with E-state index in [-0.39, 0.29) is 0 Å². The van der Waals surface area contributed by atoms with Crippen molar-refractivity contribution in [2.24, 2.45) is 4.99 Å². The van der Waals surface area contributed by atoms with Crippen molar-refractivity contribution in [3.63, 3.8) is 0 Å². The highest BCUT2D eigenvalue weighted by atomic mass is 16.5. The molecule has 1 aromatic carbocycles. The van der Waals surface area contributed by atoms with Gasteiger partial charge in [0, 0.05) is 6.54 Å². The number of aliphatic imine (C=N–C) groups is 1. The van der Waals surface area contributed by atoms with E-state index in [9.17, 15) is 0 Å². The molecule has 0 saturated carbocycles. The van der Waals surface area contributed by atoms with E-state index in [0.717, 1.165) is 25.5 Å². The van der Waals surface area contributed by atoms with E-state index in [1.165, 1.54) is 49.9 Å². The first kappa shape index (κ1) is 18.8. The van der Waals surface area contributed by atoms with E-state index in [1.807, 2.05) is 0 Å². The molecule has 0 amide bonds. The second kappa shape index (κ2) is 8.61. The van der Waals surface area contributed by atoms with Crippen LogP contribution in [0.1, 0.15) is 56.2 Å². The Kier molecular flexibility index (Phi) is 5.98. The number of likely N-dealkylation sites (tertiary alicyclic amines) is 1. The molecule has 2 N–H and O–H groups in total. The molecule has 27 heavy (non-hydrogen) atoms. The molecule has 5 heteroatoms. The minimum atomic E-state index is 0.361. The lowest BCUT2D eigenvalue weighted by Gasteiger charge is -2.28. The van der Waals surface area contributed by atoms with Crippen molar-refractivity contribution in [3.8, 4) is 0 Å². The molecule has 3 fully saturated rings. The van der Waals surface area contributed by atoms with Crippen LogP contribution in [0.15, 0.2) is 29.3 Å². The van der Waals surface area contributed by atoms with Crippen LogP contribution in [0.4, 0.5) is 0 Å². The topological polar surface area (TPSA) is 48.9 Å². The molecule has 0 spiro atoms. The number of nitrogens with one attached hydrogen (secondary N) is 2. The third-order valence-corrected chi connectivity index (χ3v) is 6.24. The minimum absolute atomic E-state index is 0.361. The van der Waals surface area contributed by atoms with Crippen molar-refractivity contribution < 1.29 is 4.74 Å². The number of benzene rings is 1. The smallest absolute Gasteiger partial charge is 0.191 e. The Labute approximate surface area is 163 Å². The molecule has 3 saturated heterocycles. The van der Waals surface area contributed by atoms with E-state index in [0.29, 0.717) is 24.3 Å². The molecule has 4 atom stereocenters. The van der Waals surface area contributed by atoms with Gasteiger partial charge in [0.2, 0.25) is 0 Å². The van der Waals surface area contributed by atoms with Gasteiger partial charge in [0.05, 0.1) is 30.8 Å². The molecule has 4 unspecified atom stereocenters. The standard InChI is InChI=1S/C22H34N4O/c1-3-23-22(25-19-14-18-10-11-21(19)27-18)24-15-20(26-12-4-5-13-26)17-8-6-16(2)7-9-17/h6-9,18-21H,3-5,10-15H2,1-2H3,(H2,23,24,25). The van der Waals surface area contributed by atoms with E-state index >= 15 is 0 Å². The minimum Gasteiger partial charge on any atom is -0.373 e. The van der Waals surface area contributed by atoms with Crippen LogP contribution in [0, 0.1) is 6.92 Å². The highest BCUT2D eigenvalue weighted by Gasteiger charge is 2.41. The maximum Gasteiger partial charge on any atom is 0.191 e. The molecule has 0 aliphatic carbocycles. The van der Waals surface area contributed by atoms with Crippen molar-refractivity contribution in [3.05, 3.63) is 35.4 Å². The molecule has 3 heterocycles. The number of fused-ring (bicyclic) bond motifs is 2. The van der Waals surface area contributed by atoms with E-state index in [1.54, 1.807) is 0 Å². The predicted octanol–water partition coefficient (Wildman–Crippen LogP) is 3.01. The van der Waals surface area contributed by atoms with Gasteiger partial charge in [-0.25, -0.2) is 0 Å². The Morgan fingerprint density at radius 1 is 1.22 bits per heavy atom. The largest absolute Gasteiger partial charge is 0.373 e. The first-order valence-corrected chi connectivity index (χ1v) is 10.7. The second-order valence-electron chi connectivity index (χ2n) is 8.25. The van der Waals surface area contributed by atoms with Gasteiger partial charge in [-0.1, -0.05) is 29.8 Å². The van der Waals surface area contributed by atoms with Crippen LogP contribution in [0.2, 0.25) is 0 Å². The Morgan fingerprint density at radius 3 is 2.63 bits per heavy atom. The first-order valence-electron chi connectivity index (χ1n) is 10.7. The van der Waals surface area contributed by atoms with Crippen LogP contribution in [-0.4, -0.2) is 55.3 Å². The highest BCUT2D eigenvalue weighted by molar-refractivity contribution is 5.80. The quantitative estimate of drug-likeness (QED) is 0.597. The van der Waals surface area contributed by atoms with Gasteiger partial charge in [-0.2, -0.15) is 0 Å². The lowest BCUT2D eigenvalue weighted by Crippen LogP contribution is -2.47. The third kappa shape index (κ3) is 4.46. The first-order chi connectivity index (χ1) is 13.2. The van der Waals surface area contributed by atoms with E-state index < -0.39 is 0 Å². The molecule has 3 aliphatic rings. The Bertz CT molecular complexity index is 638. The summed E-state index contributed by atoms with van der Waals surface area (Å²) in [6.45, 7) is 8.31. The number of aryl methyl sites for hydroxylation is 1. The van der Waals surface area contributed by atoms with Crippen molar-refractivity contribution in [2.75, 3.05) is 26.2 Å². The summed E-state index contributed by atoms with van der Waals surface area (Å²) in [7, 11) is 0. The molecule has 2 bridgehead atoms. The van der Waals surface area contributed by atoms with Gasteiger partial charge < -0.3 is 15.4 Å². The number of guanidine groups is 1. The summed E-state index contributed by atoms with van der Waals surface area (Å²) in [5, 5.41) is 7.09. The van der Waals surface area contributed by atoms with Crippen LogP contribution >= 0.6 is 0 Å². The van der Waals surface area contributed by atoms with Gasteiger partial charge in [-0.15, -0.1) is 0 Å². The van der Waals surface area contributed by atoms with Crippen LogP contribution < -0.4 is 10.6 Å². The fourth-order valence-corrected chi connectivity index (χ4v) is 4.74. The van der Waals surface area contributed by atoms with E-state index in [4.69, 9.17) is 9.73 Å². The fourth-order valence-electron chi connectivity index (χ4n) is 4.74. The predicted molar refractivity (Wildman–Crippen MR) is 110 cm³/mol. The zero-order valence-corrected chi connectivity index (χ0v) is 16.8. The van der Waals surface area contributed by atoms with Crippen molar-refractivity contribution in [1.82, 2.24) is 15.5 Å². The number of hydrogen-bond acceptors (Lipinski definition) is 3. The molecule has 3 aliphatic heterocycles. The molecular formula is C22H34N4O. The maximum atomic E-state index is 6.00. The highest BCUT2D eigenvalue weighted by Crippen LogP contribution is 2.34. The number of ether oxygens (including phenoxy) is 1. The summed E-state index contributed by atoms with van der Waals surface area (Å²) in [6.07, 6.45) is 6.94. The van der Waals surface area contributed by atoms with Crippen molar-refractivity contribution >= 4 is 5.96 Å². The van der Waals surface area contributed by atoms with Gasteiger partial charge >= 0.3 is 0 Å². The van der Waals surface area contributed by atoms with Gasteiger partial charge in [0.25, 0.3) is 0 Å². The Hall–Kier alpha value is -1.59.